The van der Waals surface area contributed by atoms with Crippen LogP contribution in [-0.4, -0.2) is 0 Å². The Labute approximate surface area is 150 Å². The minimum atomic E-state index is 0.894. The number of nitrogen functional groups attached to an aromatic ring is 2. The second-order valence-corrected chi connectivity index (χ2v) is 7.26. The second-order valence-electron chi connectivity index (χ2n) is 7.26. The van der Waals surface area contributed by atoms with Crippen LogP contribution in [-0.2, 0) is 6.42 Å². The molecule has 0 aliphatic heterocycles. The maximum Gasteiger partial charge on any atom is 0.0390 e. The molecular formula is C23H26N2. The number of hydrogen-bond acceptors (Lipinski definition) is 2. The fourth-order valence-electron chi connectivity index (χ4n) is 4.05. The van der Waals surface area contributed by atoms with Gasteiger partial charge >= 0.3 is 0 Å². The molecule has 0 fully saturated rings. The van der Waals surface area contributed by atoms with Crippen molar-refractivity contribution in [2.75, 3.05) is 11.5 Å². The van der Waals surface area contributed by atoms with Gasteiger partial charge in [-0.25, -0.2) is 0 Å². The summed E-state index contributed by atoms with van der Waals surface area (Å²) in [6.07, 6.45) is 12.7. The minimum Gasteiger partial charge on any atom is -0.398 e. The Morgan fingerprint density at radius 2 is 1.16 bits per heavy atom. The summed E-state index contributed by atoms with van der Waals surface area (Å²) in [5.74, 6) is 0. The first-order valence-electron chi connectivity index (χ1n) is 9.36. The summed E-state index contributed by atoms with van der Waals surface area (Å²) < 4.78 is 0. The van der Waals surface area contributed by atoms with Gasteiger partial charge in [0.25, 0.3) is 0 Å². The van der Waals surface area contributed by atoms with E-state index in [4.69, 9.17) is 11.5 Å². The molecule has 2 nitrogen and oxygen atoms in total. The van der Waals surface area contributed by atoms with Crippen molar-refractivity contribution in [3.63, 3.8) is 0 Å². The zero-order chi connectivity index (χ0) is 17.2. The van der Waals surface area contributed by atoms with E-state index in [9.17, 15) is 0 Å². The van der Waals surface area contributed by atoms with Gasteiger partial charge < -0.3 is 11.5 Å². The summed E-state index contributed by atoms with van der Waals surface area (Å²) in [7, 11) is 0. The Morgan fingerprint density at radius 1 is 0.680 bits per heavy atom. The Morgan fingerprint density at radius 3 is 1.56 bits per heavy atom. The predicted octanol–water partition coefficient (Wildman–Crippen LogP) is 5.58. The SMILES string of the molecule is Nc1ccc(Cc2ccc(N)c(C3=CCCC3)c2)cc1C1=CCCC1. The maximum absolute atomic E-state index is 6.22. The van der Waals surface area contributed by atoms with Gasteiger partial charge in [0.05, 0.1) is 0 Å². The molecule has 0 bridgehead atoms. The van der Waals surface area contributed by atoms with Gasteiger partial charge in [-0.15, -0.1) is 0 Å². The van der Waals surface area contributed by atoms with Crippen LogP contribution < -0.4 is 11.5 Å². The molecule has 2 aromatic carbocycles. The van der Waals surface area contributed by atoms with Gasteiger partial charge in [-0.3, -0.25) is 0 Å². The van der Waals surface area contributed by atoms with Crippen LogP contribution in [0.4, 0.5) is 11.4 Å². The monoisotopic (exact) mass is 330 g/mol. The molecular weight excluding hydrogens is 304 g/mol. The van der Waals surface area contributed by atoms with Gasteiger partial charge in [-0.2, -0.15) is 0 Å². The first kappa shape index (κ1) is 16.0. The van der Waals surface area contributed by atoms with Crippen LogP contribution in [0.5, 0.6) is 0 Å². The van der Waals surface area contributed by atoms with E-state index in [-0.39, 0.29) is 0 Å². The first-order valence-corrected chi connectivity index (χ1v) is 9.36. The fourth-order valence-corrected chi connectivity index (χ4v) is 4.05. The van der Waals surface area contributed by atoms with Crippen molar-refractivity contribution < 1.29 is 0 Å². The number of nitrogens with two attached hydrogens (primary N) is 2. The van der Waals surface area contributed by atoms with Crippen molar-refractivity contribution in [2.24, 2.45) is 0 Å². The topological polar surface area (TPSA) is 52.0 Å². The minimum absolute atomic E-state index is 0.894. The Balaban J connectivity index is 1.62. The zero-order valence-corrected chi connectivity index (χ0v) is 14.7. The quantitative estimate of drug-likeness (QED) is 0.719. The highest BCUT2D eigenvalue weighted by molar-refractivity contribution is 5.78. The molecule has 4 rings (SSSR count). The Kier molecular flexibility index (Phi) is 4.35. The van der Waals surface area contributed by atoms with E-state index >= 15 is 0 Å². The highest BCUT2D eigenvalue weighted by atomic mass is 14.6. The molecule has 0 heterocycles. The Hall–Kier alpha value is -2.48. The van der Waals surface area contributed by atoms with Crippen molar-refractivity contribution >= 4 is 22.5 Å². The van der Waals surface area contributed by atoms with E-state index in [0.717, 1.165) is 30.6 Å². The third-order valence-corrected chi connectivity index (χ3v) is 5.42. The molecule has 0 saturated heterocycles. The van der Waals surface area contributed by atoms with Crippen molar-refractivity contribution in [3.05, 3.63) is 70.8 Å². The first-order chi connectivity index (χ1) is 12.2. The molecule has 0 saturated carbocycles. The lowest BCUT2D eigenvalue weighted by Gasteiger charge is -2.12. The third kappa shape index (κ3) is 3.34. The van der Waals surface area contributed by atoms with Crippen molar-refractivity contribution in [3.8, 4) is 0 Å². The number of rotatable bonds is 4. The van der Waals surface area contributed by atoms with E-state index in [1.807, 2.05) is 0 Å². The van der Waals surface area contributed by atoms with Crippen molar-refractivity contribution in [1.29, 1.82) is 0 Å². The highest BCUT2D eigenvalue weighted by Gasteiger charge is 2.13. The van der Waals surface area contributed by atoms with Gasteiger partial charge in [0.1, 0.15) is 0 Å². The van der Waals surface area contributed by atoms with Crippen molar-refractivity contribution in [1.82, 2.24) is 0 Å². The van der Waals surface area contributed by atoms with Crippen LogP contribution in [0.25, 0.3) is 11.1 Å². The summed E-state index contributed by atoms with van der Waals surface area (Å²) in [5.41, 5.74) is 22.1. The van der Waals surface area contributed by atoms with E-state index < -0.39 is 0 Å². The molecule has 25 heavy (non-hydrogen) atoms. The largest absolute Gasteiger partial charge is 0.398 e. The van der Waals surface area contributed by atoms with Crippen LogP contribution >= 0.6 is 0 Å². The molecule has 0 radical (unpaired) electrons. The molecule has 0 unspecified atom stereocenters. The van der Waals surface area contributed by atoms with Gasteiger partial charge in [-0.1, -0.05) is 24.3 Å². The lowest BCUT2D eigenvalue weighted by atomic mass is 9.95. The molecule has 0 atom stereocenters. The molecule has 2 aliphatic carbocycles. The lowest BCUT2D eigenvalue weighted by Crippen LogP contribution is -1.98. The average molecular weight is 330 g/mol. The van der Waals surface area contributed by atoms with Gasteiger partial charge in [-0.05, 0) is 91.5 Å². The normalized spacial score (nSPS) is 16.8. The second kappa shape index (κ2) is 6.79. The summed E-state index contributed by atoms with van der Waals surface area (Å²) in [4.78, 5) is 0. The number of benzene rings is 2. The van der Waals surface area contributed by atoms with E-state index in [1.54, 1.807) is 0 Å². The van der Waals surface area contributed by atoms with Crippen LogP contribution in [0.15, 0.2) is 48.6 Å². The van der Waals surface area contributed by atoms with Crippen LogP contribution in [0.3, 0.4) is 0 Å². The summed E-state index contributed by atoms with van der Waals surface area (Å²) in [5, 5.41) is 0. The van der Waals surface area contributed by atoms with Crippen LogP contribution in [0.2, 0.25) is 0 Å². The van der Waals surface area contributed by atoms with E-state index in [1.165, 1.54) is 59.1 Å². The third-order valence-electron chi connectivity index (χ3n) is 5.42. The average Bonchev–Trinajstić information content (AvgIpc) is 3.31. The van der Waals surface area contributed by atoms with Crippen LogP contribution in [0.1, 0.15) is 60.8 Å². The number of allylic oxidation sites excluding steroid dienone is 4. The van der Waals surface area contributed by atoms with Gasteiger partial charge in [0.15, 0.2) is 0 Å². The lowest BCUT2D eigenvalue weighted by molar-refractivity contribution is 0.935. The molecule has 0 aromatic heterocycles. The smallest absolute Gasteiger partial charge is 0.0390 e. The molecule has 2 heteroatoms. The summed E-state index contributed by atoms with van der Waals surface area (Å²) in [6, 6.07) is 13.0. The molecule has 0 amide bonds. The Bertz CT molecular complexity index is 787. The van der Waals surface area contributed by atoms with E-state index in [2.05, 4.69) is 48.6 Å². The van der Waals surface area contributed by atoms with Gasteiger partial charge in [0, 0.05) is 22.5 Å². The molecule has 2 aromatic rings. The number of hydrogen-bond donors (Lipinski definition) is 2. The number of anilines is 2. The molecule has 0 spiro atoms. The fraction of sp³-hybridized carbons (Fsp3) is 0.304. The van der Waals surface area contributed by atoms with Gasteiger partial charge in [0.2, 0.25) is 0 Å². The molecule has 2 aliphatic rings. The highest BCUT2D eigenvalue weighted by Crippen LogP contribution is 2.34. The zero-order valence-electron chi connectivity index (χ0n) is 14.7. The predicted molar refractivity (Wildman–Crippen MR) is 108 cm³/mol. The van der Waals surface area contributed by atoms with Crippen LogP contribution in [0, 0.1) is 0 Å². The molecule has 4 N–H and O–H groups in total. The standard InChI is InChI=1S/C23H26N2/c24-22-11-9-16(14-20(22)18-5-1-2-6-18)13-17-10-12-23(25)21(15-17)19-7-3-4-8-19/h5,7,9-12,14-15H,1-4,6,8,13,24-25H2. The molecule has 128 valence electrons. The van der Waals surface area contributed by atoms with E-state index in [0.29, 0.717) is 0 Å². The maximum atomic E-state index is 6.22. The summed E-state index contributed by atoms with van der Waals surface area (Å²) in [6.45, 7) is 0. The summed E-state index contributed by atoms with van der Waals surface area (Å²) >= 11 is 0. The van der Waals surface area contributed by atoms with Crippen molar-refractivity contribution in [2.45, 2.75) is 44.9 Å².